The molecule has 2 unspecified atom stereocenters. The zero-order chi connectivity index (χ0) is 19.0. The molecule has 3 fully saturated rings. The SMILES string of the molecule is CC(C)NC(=O)[C@H]1CN2CCC1C[C@@H]2Cn1cc(-c2ccc(F)cc2)nn1. The van der Waals surface area contributed by atoms with E-state index in [4.69, 9.17) is 0 Å². The average molecular weight is 371 g/mol. The quantitative estimate of drug-likeness (QED) is 0.876. The number of carbonyl (C=O) groups is 1. The van der Waals surface area contributed by atoms with E-state index in [1.807, 2.05) is 24.7 Å². The Morgan fingerprint density at radius 3 is 2.78 bits per heavy atom. The summed E-state index contributed by atoms with van der Waals surface area (Å²) in [7, 11) is 0. The molecule has 3 aliphatic heterocycles. The number of halogens is 1. The molecule has 27 heavy (non-hydrogen) atoms. The number of hydrogen-bond acceptors (Lipinski definition) is 4. The highest BCUT2D eigenvalue weighted by molar-refractivity contribution is 5.79. The maximum atomic E-state index is 13.1. The minimum atomic E-state index is -0.256. The minimum absolute atomic E-state index is 0.0999. The lowest BCUT2D eigenvalue weighted by atomic mass is 9.75. The van der Waals surface area contributed by atoms with E-state index >= 15 is 0 Å². The first kappa shape index (κ1) is 18.1. The van der Waals surface area contributed by atoms with Crippen LogP contribution < -0.4 is 5.32 Å². The molecule has 6 nitrogen and oxygen atoms in total. The first-order valence-corrected chi connectivity index (χ1v) is 9.70. The Hall–Kier alpha value is -2.28. The number of nitrogens with one attached hydrogen (secondary N) is 1. The summed E-state index contributed by atoms with van der Waals surface area (Å²) in [5.41, 5.74) is 1.61. The maximum absolute atomic E-state index is 13.1. The van der Waals surface area contributed by atoms with E-state index in [9.17, 15) is 9.18 Å². The number of nitrogens with zero attached hydrogens (tertiary/aromatic N) is 4. The van der Waals surface area contributed by atoms with Crippen molar-refractivity contribution in [3.05, 3.63) is 36.3 Å². The van der Waals surface area contributed by atoms with Crippen molar-refractivity contribution in [3.63, 3.8) is 0 Å². The normalized spacial score (nSPS) is 27.1. The fourth-order valence-corrected chi connectivity index (χ4v) is 4.37. The number of amides is 1. The van der Waals surface area contributed by atoms with E-state index in [0.29, 0.717) is 12.0 Å². The molecule has 1 N–H and O–H groups in total. The van der Waals surface area contributed by atoms with Gasteiger partial charge in [-0.2, -0.15) is 0 Å². The van der Waals surface area contributed by atoms with Gasteiger partial charge in [0.05, 0.1) is 18.7 Å². The van der Waals surface area contributed by atoms with Crippen LogP contribution >= 0.6 is 0 Å². The third-order valence-corrected chi connectivity index (χ3v) is 5.72. The van der Waals surface area contributed by atoms with Crippen LogP contribution in [-0.4, -0.2) is 51.0 Å². The Morgan fingerprint density at radius 1 is 1.33 bits per heavy atom. The number of carbonyl (C=O) groups excluding carboxylic acids is 1. The molecule has 2 aromatic rings. The van der Waals surface area contributed by atoms with E-state index in [-0.39, 0.29) is 23.7 Å². The zero-order valence-corrected chi connectivity index (χ0v) is 15.8. The van der Waals surface area contributed by atoms with Crippen LogP contribution in [0.25, 0.3) is 11.3 Å². The first-order chi connectivity index (χ1) is 13.0. The lowest BCUT2D eigenvalue weighted by Gasteiger charge is -2.49. The van der Waals surface area contributed by atoms with Gasteiger partial charge in [-0.15, -0.1) is 5.10 Å². The molecule has 0 spiro atoms. The van der Waals surface area contributed by atoms with Gasteiger partial charge in [0.2, 0.25) is 5.91 Å². The van der Waals surface area contributed by atoms with Gasteiger partial charge in [-0.05, 0) is 63.4 Å². The molecule has 4 atom stereocenters. The van der Waals surface area contributed by atoms with E-state index in [2.05, 4.69) is 20.5 Å². The minimum Gasteiger partial charge on any atom is -0.354 e. The van der Waals surface area contributed by atoms with Gasteiger partial charge in [0, 0.05) is 24.2 Å². The Balaban J connectivity index is 1.40. The maximum Gasteiger partial charge on any atom is 0.224 e. The van der Waals surface area contributed by atoms with Gasteiger partial charge in [0.25, 0.3) is 0 Å². The van der Waals surface area contributed by atoms with Gasteiger partial charge in [-0.1, -0.05) is 5.21 Å². The third kappa shape index (κ3) is 3.88. The Morgan fingerprint density at radius 2 is 2.11 bits per heavy atom. The predicted octanol–water partition coefficient (Wildman–Crippen LogP) is 2.32. The summed E-state index contributed by atoms with van der Waals surface area (Å²) in [5, 5.41) is 11.5. The number of fused-ring (bicyclic) bond motifs is 3. The highest BCUT2D eigenvalue weighted by atomic mass is 19.1. The summed E-state index contributed by atoms with van der Waals surface area (Å²) in [6, 6.07) is 6.87. The van der Waals surface area contributed by atoms with E-state index in [1.54, 1.807) is 12.1 Å². The smallest absolute Gasteiger partial charge is 0.224 e. The van der Waals surface area contributed by atoms with Gasteiger partial charge >= 0.3 is 0 Å². The molecular weight excluding hydrogens is 345 g/mol. The second-order valence-corrected chi connectivity index (χ2v) is 8.04. The fourth-order valence-electron chi connectivity index (χ4n) is 4.37. The molecule has 3 aliphatic rings. The summed E-state index contributed by atoms with van der Waals surface area (Å²) >= 11 is 0. The van der Waals surface area contributed by atoms with Gasteiger partial charge in [-0.3, -0.25) is 14.4 Å². The molecular formula is C20H26FN5O. The second-order valence-electron chi connectivity index (χ2n) is 8.04. The van der Waals surface area contributed by atoms with E-state index in [1.165, 1.54) is 12.1 Å². The van der Waals surface area contributed by atoms with Crippen LogP contribution in [0.2, 0.25) is 0 Å². The Labute approximate surface area is 158 Å². The van der Waals surface area contributed by atoms with Gasteiger partial charge in [-0.25, -0.2) is 4.39 Å². The average Bonchev–Trinajstić information content (AvgIpc) is 3.10. The summed E-state index contributed by atoms with van der Waals surface area (Å²) in [4.78, 5) is 14.9. The molecule has 2 bridgehead atoms. The lowest BCUT2D eigenvalue weighted by molar-refractivity contribution is -0.133. The number of rotatable bonds is 5. The van der Waals surface area contributed by atoms with E-state index in [0.717, 1.165) is 43.7 Å². The van der Waals surface area contributed by atoms with Crippen LogP contribution in [0.3, 0.4) is 0 Å². The second kappa shape index (κ2) is 7.38. The van der Waals surface area contributed by atoms with Crippen LogP contribution in [0.15, 0.2) is 30.5 Å². The van der Waals surface area contributed by atoms with Crippen LogP contribution in [0, 0.1) is 17.7 Å². The molecule has 0 radical (unpaired) electrons. The third-order valence-electron chi connectivity index (χ3n) is 5.72. The van der Waals surface area contributed by atoms with Crippen molar-refractivity contribution in [3.8, 4) is 11.3 Å². The number of benzene rings is 1. The molecule has 0 saturated carbocycles. The Kier molecular flexibility index (Phi) is 4.95. The monoisotopic (exact) mass is 371 g/mol. The van der Waals surface area contributed by atoms with Crippen LogP contribution in [0.4, 0.5) is 4.39 Å². The fraction of sp³-hybridized carbons (Fsp3) is 0.550. The molecule has 0 aliphatic carbocycles. The zero-order valence-electron chi connectivity index (χ0n) is 15.8. The number of hydrogen-bond donors (Lipinski definition) is 1. The summed E-state index contributed by atoms with van der Waals surface area (Å²) < 4.78 is 15.0. The van der Waals surface area contributed by atoms with Crippen molar-refractivity contribution in [2.45, 2.75) is 45.3 Å². The van der Waals surface area contributed by atoms with Crippen LogP contribution in [0.5, 0.6) is 0 Å². The molecule has 144 valence electrons. The highest BCUT2D eigenvalue weighted by Crippen LogP contribution is 2.37. The summed E-state index contributed by atoms with van der Waals surface area (Å²) in [6.45, 7) is 6.65. The van der Waals surface area contributed by atoms with E-state index < -0.39 is 0 Å². The highest BCUT2D eigenvalue weighted by Gasteiger charge is 2.43. The molecule has 7 heteroatoms. The van der Waals surface area contributed by atoms with Crippen LogP contribution in [0.1, 0.15) is 26.7 Å². The van der Waals surface area contributed by atoms with Crippen molar-refractivity contribution in [1.29, 1.82) is 0 Å². The van der Waals surface area contributed by atoms with Gasteiger partial charge in [0.1, 0.15) is 11.5 Å². The molecule has 1 aromatic carbocycles. The first-order valence-electron chi connectivity index (χ1n) is 9.70. The van der Waals surface area contributed by atoms with Crippen LogP contribution in [-0.2, 0) is 11.3 Å². The number of aromatic nitrogens is 3. The molecule has 1 amide bonds. The largest absolute Gasteiger partial charge is 0.354 e. The Bertz CT molecular complexity index is 803. The van der Waals surface area contributed by atoms with Crippen molar-refractivity contribution in [2.75, 3.05) is 13.1 Å². The predicted molar refractivity (Wildman–Crippen MR) is 100 cm³/mol. The molecule has 3 saturated heterocycles. The molecule has 4 heterocycles. The number of piperidine rings is 3. The standard InChI is InChI=1S/C20H26FN5O/c1-13(2)22-20(27)18-11-25-8-7-15(18)9-17(25)10-26-12-19(23-24-26)14-3-5-16(21)6-4-14/h3-6,12-13,15,17-18H,7-11H2,1-2H3,(H,22,27)/t15?,17-,18+/m1/s1. The van der Waals surface area contributed by atoms with Crippen molar-refractivity contribution in [2.24, 2.45) is 11.8 Å². The van der Waals surface area contributed by atoms with Crippen molar-refractivity contribution < 1.29 is 9.18 Å². The summed E-state index contributed by atoms with van der Waals surface area (Å²) in [6.07, 6.45) is 4.02. The van der Waals surface area contributed by atoms with Crippen molar-refractivity contribution in [1.82, 2.24) is 25.2 Å². The molecule has 1 aromatic heterocycles. The van der Waals surface area contributed by atoms with Gasteiger partial charge < -0.3 is 5.32 Å². The lowest BCUT2D eigenvalue weighted by Crippen LogP contribution is -2.58. The van der Waals surface area contributed by atoms with Crippen molar-refractivity contribution >= 4 is 5.91 Å². The summed E-state index contributed by atoms with van der Waals surface area (Å²) in [5.74, 6) is 0.479. The molecule has 5 rings (SSSR count). The topological polar surface area (TPSA) is 63.1 Å². The van der Waals surface area contributed by atoms with Gasteiger partial charge in [0.15, 0.2) is 0 Å².